The van der Waals surface area contributed by atoms with E-state index >= 15 is 0 Å². The van der Waals surface area contributed by atoms with Crippen LogP contribution in [0.25, 0.3) is 10.9 Å². The Hall–Kier alpha value is -0.150. The van der Waals surface area contributed by atoms with Gasteiger partial charge in [-0.3, -0.25) is 5.10 Å². The second-order valence-corrected chi connectivity index (χ2v) is 5.48. The highest BCUT2D eigenvalue weighted by atomic mass is 35.6. The van der Waals surface area contributed by atoms with Gasteiger partial charge in [0.2, 0.25) is 3.79 Å². The van der Waals surface area contributed by atoms with E-state index in [2.05, 4.69) is 10.2 Å². The molecule has 2 aromatic rings. The smallest absolute Gasteiger partial charge is 0.216 e. The molecule has 1 N–H and O–H groups in total. The molecule has 0 aliphatic carbocycles. The third-order valence-corrected chi connectivity index (χ3v) is 2.78. The first-order valence-corrected chi connectivity index (χ1v) is 5.19. The van der Waals surface area contributed by atoms with Gasteiger partial charge in [0.1, 0.15) is 0 Å². The lowest BCUT2D eigenvalue weighted by Gasteiger charge is -2.11. The van der Waals surface area contributed by atoms with Gasteiger partial charge in [-0.2, -0.15) is 5.10 Å². The fraction of sp³-hybridized carbons (Fsp3) is 0.125. The predicted molar refractivity (Wildman–Crippen MR) is 60.3 cm³/mol. The summed E-state index contributed by atoms with van der Waals surface area (Å²) in [7, 11) is 0. The summed E-state index contributed by atoms with van der Waals surface area (Å²) < 4.78 is -1.46. The van der Waals surface area contributed by atoms with Gasteiger partial charge in [0.05, 0.1) is 16.7 Å². The number of benzene rings is 1. The molecule has 6 heteroatoms. The second-order valence-electron chi connectivity index (χ2n) is 2.79. The average Bonchev–Trinajstić information content (AvgIpc) is 2.50. The van der Waals surface area contributed by atoms with Crippen LogP contribution in [0.5, 0.6) is 0 Å². The molecule has 0 amide bonds. The number of fused-ring (bicyclic) bond motifs is 1. The van der Waals surface area contributed by atoms with Crippen LogP contribution in [-0.2, 0) is 3.79 Å². The fourth-order valence-electron chi connectivity index (χ4n) is 1.18. The molecular formula is C8H4Cl4N2. The Kier molecular flexibility index (Phi) is 2.56. The SMILES string of the molecule is Clc1cc(C(Cl)(Cl)Cl)cc2cn[nH]c12. The molecule has 0 saturated carbocycles. The van der Waals surface area contributed by atoms with E-state index in [0.717, 1.165) is 10.9 Å². The summed E-state index contributed by atoms with van der Waals surface area (Å²) in [6, 6.07) is 3.34. The number of rotatable bonds is 0. The van der Waals surface area contributed by atoms with Crippen molar-refractivity contribution in [3.8, 4) is 0 Å². The minimum Gasteiger partial charge on any atom is -0.276 e. The number of halogens is 4. The molecule has 0 spiro atoms. The molecule has 0 atom stereocenters. The Labute approximate surface area is 100 Å². The van der Waals surface area contributed by atoms with Crippen LogP contribution < -0.4 is 0 Å². The first kappa shape index (κ1) is 10.4. The van der Waals surface area contributed by atoms with Gasteiger partial charge in [-0.05, 0) is 12.1 Å². The van der Waals surface area contributed by atoms with E-state index < -0.39 is 3.79 Å². The number of hydrogen-bond donors (Lipinski definition) is 1. The Morgan fingerprint density at radius 2 is 1.93 bits per heavy atom. The lowest BCUT2D eigenvalue weighted by atomic mass is 10.2. The summed E-state index contributed by atoms with van der Waals surface area (Å²) in [5, 5.41) is 7.91. The van der Waals surface area contributed by atoms with Gasteiger partial charge < -0.3 is 0 Å². The van der Waals surface area contributed by atoms with Crippen molar-refractivity contribution in [3.05, 3.63) is 28.9 Å². The van der Waals surface area contributed by atoms with Crippen molar-refractivity contribution in [2.24, 2.45) is 0 Å². The molecule has 0 bridgehead atoms. The zero-order valence-electron chi connectivity index (χ0n) is 6.69. The summed E-state index contributed by atoms with van der Waals surface area (Å²) in [5.74, 6) is 0. The molecule has 14 heavy (non-hydrogen) atoms. The van der Waals surface area contributed by atoms with E-state index in [0.29, 0.717) is 10.6 Å². The molecule has 0 unspecified atom stereocenters. The van der Waals surface area contributed by atoms with Crippen LogP contribution in [0.1, 0.15) is 5.56 Å². The van der Waals surface area contributed by atoms with Gasteiger partial charge >= 0.3 is 0 Å². The number of alkyl halides is 3. The number of aromatic nitrogens is 2. The standard InChI is InChI=1S/C8H4Cl4N2/c9-6-2-5(8(10,11)12)1-4-3-13-14-7(4)6/h1-3H,(H,13,14). The first-order chi connectivity index (χ1) is 6.48. The maximum absolute atomic E-state index is 5.96. The van der Waals surface area contributed by atoms with Gasteiger partial charge in [-0.25, -0.2) is 0 Å². The van der Waals surface area contributed by atoms with E-state index in [-0.39, 0.29) is 0 Å². The summed E-state index contributed by atoms with van der Waals surface area (Å²) in [6.45, 7) is 0. The van der Waals surface area contributed by atoms with E-state index in [1.807, 2.05) is 0 Å². The van der Waals surface area contributed by atoms with Crippen molar-refractivity contribution in [1.29, 1.82) is 0 Å². The molecule has 1 heterocycles. The third kappa shape index (κ3) is 1.80. The number of nitrogens with one attached hydrogen (secondary N) is 1. The Bertz CT molecular complexity index is 472. The van der Waals surface area contributed by atoms with Gasteiger partial charge in [0.15, 0.2) is 0 Å². The maximum Gasteiger partial charge on any atom is 0.216 e. The van der Waals surface area contributed by atoms with E-state index in [1.165, 1.54) is 0 Å². The maximum atomic E-state index is 5.96. The van der Waals surface area contributed by atoms with Gasteiger partial charge in [-0.15, -0.1) is 0 Å². The normalized spacial score (nSPS) is 12.3. The van der Waals surface area contributed by atoms with Crippen LogP contribution in [-0.4, -0.2) is 10.2 Å². The second kappa shape index (κ2) is 3.46. The zero-order valence-corrected chi connectivity index (χ0v) is 9.71. The average molecular weight is 270 g/mol. The van der Waals surface area contributed by atoms with Crippen LogP contribution in [0.15, 0.2) is 18.3 Å². The van der Waals surface area contributed by atoms with Crippen molar-refractivity contribution in [1.82, 2.24) is 10.2 Å². The Morgan fingerprint density at radius 1 is 1.21 bits per heavy atom. The third-order valence-electron chi connectivity index (χ3n) is 1.83. The molecule has 0 radical (unpaired) electrons. The van der Waals surface area contributed by atoms with Gasteiger partial charge in [-0.1, -0.05) is 46.4 Å². The molecular weight excluding hydrogens is 266 g/mol. The first-order valence-electron chi connectivity index (χ1n) is 3.68. The largest absolute Gasteiger partial charge is 0.276 e. The van der Waals surface area contributed by atoms with Crippen molar-refractivity contribution >= 4 is 57.3 Å². The van der Waals surface area contributed by atoms with Gasteiger partial charge in [0, 0.05) is 10.9 Å². The van der Waals surface area contributed by atoms with Crippen LogP contribution >= 0.6 is 46.4 Å². The van der Waals surface area contributed by atoms with Gasteiger partial charge in [0.25, 0.3) is 0 Å². The van der Waals surface area contributed by atoms with E-state index in [1.54, 1.807) is 18.3 Å². The molecule has 0 fully saturated rings. The van der Waals surface area contributed by atoms with Crippen LogP contribution in [0.2, 0.25) is 5.02 Å². The monoisotopic (exact) mass is 268 g/mol. The molecule has 74 valence electrons. The van der Waals surface area contributed by atoms with E-state index in [4.69, 9.17) is 46.4 Å². The molecule has 2 rings (SSSR count). The molecule has 2 nitrogen and oxygen atoms in total. The highest BCUT2D eigenvalue weighted by Gasteiger charge is 2.24. The lowest BCUT2D eigenvalue weighted by Crippen LogP contribution is -1.99. The van der Waals surface area contributed by atoms with Crippen LogP contribution in [0.3, 0.4) is 0 Å². The minimum atomic E-state index is -1.46. The molecule has 0 aliphatic rings. The zero-order chi connectivity index (χ0) is 10.3. The molecule has 1 aromatic heterocycles. The molecule has 0 saturated heterocycles. The number of H-pyrrole nitrogens is 1. The van der Waals surface area contributed by atoms with Crippen LogP contribution in [0, 0.1) is 0 Å². The quantitative estimate of drug-likeness (QED) is 0.719. The number of aromatic amines is 1. The topological polar surface area (TPSA) is 28.7 Å². The van der Waals surface area contributed by atoms with E-state index in [9.17, 15) is 0 Å². The highest BCUT2D eigenvalue weighted by molar-refractivity contribution is 6.66. The van der Waals surface area contributed by atoms with Crippen LogP contribution in [0.4, 0.5) is 0 Å². The highest BCUT2D eigenvalue weighted by Crippen LogP contribution is 2.40. The Morgan fingerprint density at radius 3 is 2.57 bits per heavy atom. The molecule has 1 aromatic carbocycles. The fourth-order valence-corrected chi connectivity index (χ4v) is 1.77. The summed E-state index contributed by atoms with van der Waals surface area (Å²) >= 11 is 23.2. The lowest BCUT2D eigenvalue weighted by molar-refractivity contribution is 1.12. The summed E-state index contributed by atoms with van der Waals surface area (Å²) in [5.41, 5.74) is 1.27. The minimum absolute atomic E-state index is 0.487. The van der Waals surface area contributed by atoms with Crippen molar-refractivity contribution in [2.45, 2.75) is 3.79 Å². The molecule has 0 aliphatic heterocycles. The number of nitrogens with zero attached hydrogens (tertiary/aromatic N) is 1. The summed E-state index contributed by atoms with van der Waals surface area (Å²) in [6.07, 6.45) is 1.63. The van der Waals surface area contributed by atoms with Crippen molar-refractivity contribution in [2.75, 3.05) is 0 Å². The van der Waals surface area contributed by atoms with Crippen molar-refractivity contribution < 1.29 is 0 Å². The van der Waals surface area contributed by atoms with Crippen molar-refractivity contribution in [3.63, 3.8) is 0 Å². The predicted octanol–water partition coefficient (Wildman–Crippen LogP) is 4.04. The Balaban J connectivity index is 2.70. The number of hydrogen-bond acceptors (Lipinski definition) is 1. The summed E-state index contributed by atoms with van der Waals surface area (Å²) in [4.78, 5) is 0.